The first-order valence-electron chi connectivity index (χ1n) is 4.69. The Hall–Kier alpha value is -0.970. The van der Waals surface area contributed by atoms with Crippen molar-refractivity contribution >= 4 is 9.84 Å². The fourth-order valence-electron chi connectivity index (χ4n) is 1.77. The molecule has 1 aliphatic rings. The molecule has 1 saturated heterocycles. The van der Waals surface area contributed by atoms with E-state index in [2.05, 4.69) is 10.2 Å². The molecule has 4 nitrogen and oxygen atoms in total. The first kappa shape index (κ1) is 9.58. The lowest BCUT2D eigenvalue weighted by Crippen LogP contribution is -2.22. The molecule has 1 atom stereocenters. The van der Waals surface area contributed by atoms with Gasteiger partial charge in [0.2, 0.25) is 0 Å². The number of hydrogen-bond acceptors (Lipinski definition) is 4. The first-order chi connectivity index (χ1) is 6.70. The molecule has 76 valence electrons. The summed E-state index contributed by atoms with van der Waals surface area (Å²) in [5, 5.41) is 7.15. The maximum absolute atomic E-state index is 11.7. The van der Waals surface area contributed by atoms with Crippen LogP contribution in [0.5, 0.6) is 0 Å². The van der Waals surface area contributed by atoms with Crippen LogP contribution in [0.4, 0.5) is 0 Å². The second kappa shape index (κ2) is 3.65. The predicted molar refractivity (Wildman–Crippen MR) is 52.4 cm³/mol. The Labute approximate surface area is 83.3 Å². The number of aromatic nitrogens is 2. The summed E-state index contributed by atoms with van der Waals surface area (Å²) in [4.78, 5) is 0. The molecule has 1 aromatic heterocycles. The van der Waals surface area contributed by atoms with E-state index in [-0.39, 0.29) is 5.75 Å². The molecule has 0 saturated carbocycles. The molecule has 1 aromatic rings. The van der Waals surface area contributed by atoms with Crippen molar-refractivity contribution in [3.63, 3.8) is 0 Å². The van der Waals surface area contributed by atoms with Crippen LogP contribution in [-0.2, 0) is 9.84 Å². The minimum atomic E-state index is -2.98. The lowest BCUT2D eigenvalue weighted by Gasteiger charge is -2.20. The van der Waals surface area contributed by atoms with Crippen molar-refractivity contribution in [2.45, 2.75) is 24.5 Å². The summed E-state index contributed by atoms with van der Waals surface area (Å²) >= 11 is 0. The summed E-state index contributed by atoms with van der Waals surface area (Å²) in [6.45, 7) is 0. The van der Waals surface area contributed by atoms with Gasteiger partial charge in [-0.05, 0) is 25.0 Å². The Balaban J connectivity index is 2.34. The maximum atomic E-state index is 11.7. The van der Waals surface area contributed by atoms with E-state index in [1.165, 1.54) is 0 Å². The van der Waals surface area contributed by atoms with E-state index in [9.17, 15) is 8.42 Å². The number of sulfone groups is 1. The summed E-state index contributed by atoms with van der Waals surface area (Å²) in [6, 6.07) is 3.47. The average Bonchev–Trinajstić information content (AvgIpc) is 2.18. The molecule has 14 heavy (non-hydrogen) atoms. The van der Waals surface area contributed by atoms with Crippen LogP contribution in [0.1, 0.15) is 30.2 Å². The van der Waals surface area contributed by atoms with Crippen LogP contribution in [0.25, 0.3) is 0 Å². The zero-order valence-electron chi connectivity index (χ0n) is 7.76. The molecule has 0 N–H and O–H groups in total. The minimum absolute atomic E-state index is 0.286. The molecule has 1 fully saturated rings. The van der Waals surface area contributed by atoms with Gasteiger partial charge in [-0.15, -0.1) is 0 Å². The molecule has 0 aliphatic carbocycles. The Bertz CT molecular complexity index is 402. The zero-order valence-corrected chi connectivity index (χ0v) is 8.57. The smallest absolute Gasteiger partial charge is 0.158 e. The third kappa shape index (κ3) is 1.77. The van der Waals surface area contributed by atoms with Crippen LogP contribution in [0, 0.1) is 0 Å². The zero-order chi connectivity index (χ0) is 10.0. The average molecular weight is 212 g/mol. The van der Waals surface area contributed by atoms with E-state index in [4.69, 9.17) is 0 Å². The van der Waals surface area contributed by atoms with Crippen LogP contribution in [0.15, 0.2) is 18.3 Å². The summed E-state index contributed by atoms with van der Waals surface area (Å²) in [5.41, 5.74) is 0.590. The molecule has 2 rings (SSSR count). The Kier molecular flexibility index (Phi) is 2.50. The fraction of sp³-hybridized carbons (Fsp3) is 0.556. The van der Waals surface area contributed by atoms with E-state index in [1.54, 1.807) is 18.3 Å². The van der Waals surface area contributed by atoms with Crippen molar-refractivity contribution in [1.82, 2.24) is 10.2 Å². The van der Waals surface area contributed by atoms with Crippen molar-refractivity contribution in [2.24, 2.45) is 0 Å². The van der Waals surface area contributed by atoms with Gasteiger partial charge in [0, 0.05) is 6.20 Å². The van der Waals surface area contributed by atoms with Gasteiger partial charge in [0.15, 0.2) is 9.84 Å². The predicted octanol–water partition coefficient (Wildman–Crippen LogP) is 1.12. The number of rotatable bonds is 1. The molecule has 0 bridgehead atoms. The second-order valence-corrected chi connectivity index (χ2v) is 5.80. The summed E-state index contributed by atoms with van der Waals surface area (Å²) in [7, 11) is -2.98. The Morgan fingerprint density at radius 3 is 2.86 bits per heavy atom. The van der Waals surface area contributed by atoms with Crippen molar-refractivity contribution in [3.05, 3.63) is 24.0 Å². The SMILES string of the molecule is O=S1(=O)CCCCC1c1cccnn1. The third-order valence-electron chi connectivity index (χ3n) is 2.50. The van der Waals surface area contributed by atoms with Crippen LogP contribution in [-0.4, -0.2) is 24.4 Å². The van der Waals surface area contributed by atoms with Gasteiger partial charge in [0.05, 0.1) is 11.4 Å². The largest absolute Gasteiger partial charge is 0.228 e. The molecule has 0 aromatic carbocycles. The monoisotopic (exact) mass is 212 g/mol. The normalized spacial score (nSPS) is 25.9. The third-order valence-corrected chi connectivity index (χ3v) is 4.70. The van der Waals surface area contributed by atoms with E-state index in [0.29, 0.717) is 12.1 Å². The highest BCUT2D eigenvalue weighted by atomic mass is 32.2. The molecule has 1 unspecified atom stereocenters. The Morgan fingerprint density at radius 2 is 2.21 bits per heavy atom. The summed E-state index contributed by atoms with van der Waals surface area (Å²) < 4.78 is 23.4. The maximum Gasteiger partial charge on any atom is 0.158 e. The molecular weight excluding hydrogens is 200 g/mol. The lowest BCUT2D eigenvalue weighted by molar-refractivity contribution is 0.541. The summed E-state index contributed by atoms with van der Waals surface area (Å²) in [5.74, 6) is 0.286. The van der Waals surface area contributed by atoms with Gasteiger partial charge in [-0.25, -0.2) is 8.42 Å². The number of hydrogen-bond donors (Lipinski definition) is 0. The van der Waals surface area contributed by atoms with E-state index < -0.39 is 15.1 Å². The van der Waals surface area contributed by atoms with Gasteiger partial charge >= 0.3 is 0 Å². The highest BCUT2D eigenvalue weighted by Crippen LogP contribution is 2.31. The fourth-order valence-corrected chi connectivity index (χ4v) is 3.68. The Morgan fingerprint density at radius 1 is 1.36 bits per heavy atom. The van der Waals surface area contributed by atoms with Crippen LogP contribution in [0.3, 0.4) is 0 Å². The topological polar surface area (TPSA) is 59.9 Å². The molecule has 2 heterocycles. The van der Waals surface area contributed by atoms with Crippen molar-refractivity contribution in [3.8, 4) is 0 Å². The van der Waals surface area contributed by atoms with Crippen LogP contribution >= 0.6 is 0 Å². The summed E-state index contributed by atoms with van der Waals surface area (Å²) in [6.07, 6.45) is 3.97. The van der Waals surface area contributed by atoms with Crippen molar-refractivity contribution in [2.75, 3.05) is 5.75 Å². The van der Waals surface area contributed by atoms with Gasteiger partial charge in [-0.3, -0.25) is 0 Å². The highest BCUT2D eigenvalue weighted by Gasteiger charge is 2.31. The van der Waals surface area contributed by atoms with E-state index >= 15 is 0 Å². The standard InChI is InChI=1S/C9H12N2O2S/c12-14(13)7-2-1-5-9(14)8-4-3-6-10-11-8/h3-4,6,9H,1-2,5,7H2. The molecule has 0 radical (unpaired) electrons. The van der Waals surface area contributed by atoms with Gasteiger partial charge in [-0.1, -0.05) is 6.42 Å². The number of nitrogens with zero attached hydrogens (tertiary/aromatic N) is 2. The molecule has 1 aliphatic heterocycles. The molecule has 0 spiro atoms. The second-order valence-electron chi connectivity index (χ2n) is 3.50. The van der Waals surface area contributed by atoms with Crippen LogP contribution < -0.4 is 0 Å². The molecular formula is C9H12N2O2S. The molecule has 0 amide bonds. The van der Waals surface area contributed by atoms with Gasteiger partial charge in [0.1, 0.15) is 5.25 Å². The van der Waals surface area contributed by atoms with E-state index in [0.717, 1.165) is 12.8 Å². The van der Waals surface area contributed by atoms with Gasteiger partial charge < -0.3 is 0 Å². The van der Waals surface area contributed by atoms with Crippen LogP contribution in [0.2, 0.25) is 0 Å². The minimum Gasteiger partial charge on any atom is -0.228 e. The molecule has 5 heteroatoms. The van der Waals surface area contributed by atoms with Crippen molar-refractivity contribution in [1.29, 1.82) is 0 Å². The van der Waals surface area contributed by atoms with Crippen molar-refractivity contribution < 1.29 is 8.42 Å². The first-order valence-corrected chi connectivity index (χ1v) is 6.41. The van der Waals surface area contributed by atoms with Gasteiger partial charge in [-0.2, -0.15) is 10.2 Å². The lowest BCUT2D eigenvalue weighted by atomic mass is 10.1. The quantitative estimate of drug-likeness (QED) is 0.699. The van der Waals surface area contributed by atoms with E-state index in [1.807, 2.05) is 0 Å². The highest BCUT2D eigenvalue weighted by molar-refractivity contribution is 7.91. The van der Waals surface area contributed by atoms with Gasteiger partial charge in [0.25, 0.3) is 0 Å².